The molecule has 1 amide bonds. The van der Waals surface area contributed by atoms with Crippen molar-refractivity contribution < 1.29 is 14.1 Å². The third-order valence-electron chi connectivity index (χ3n) is 3.88. The van der Waals surface area contributed by atoms with Gasteiger partial charge in [0.15, 0.2) is 0 Å². The smallest absolute Gasteiger partial charge is 0.228 e. The van der Waals surface area contributed by atoms with Crippen LogP contribution in [0.1, 0.15) is 36.4 Å². The van der Waals surface area contributed by atoms with E-state index < -0.39 is 0 Å². The van der Waals surface area contributed by atoms with Crippen LogP contribution in [0.15, 0.2) is 16.7 Å². The van der Waals surface area contributed by atoms with Crippen molar-refractivity contribution in [1.29, 1.82) is 0 Å². The number of aryl methyl sites for hydroxylation is 3. The van der Waals surface area contributed by atoms with Crippen LogP contribution >= 0.6 is 0 Å². The minimum Gasteiger partial charge on any atom is -0.361 e. The van der Waals surface area contributed by atoms with E-state index in [9.17, 15) is 9.59 Å². The van der Waals surface area contributed by atoms with E-state index in [0.717, 1.165) is 30.2 Å². The summed E-state index contributed by atoms with van der Waals surface area (Å²) in [6.07, 6.45) is 1.48. The van der Waals surface area contributed by atoms with Gasteiger partial charge in [-0.15, -0.1) is 0 Å². The number of hydrogen-bond acceptors (Lipinski definition) is 5. The van der Waals surface area contributed by atoms with Gasteiger partial charge in [0.05, 0.1) is 17.8 Å². The molecule has 3 heterocycles. The minimum absolute atomic E-state index is 0.0174. The SMILES string of the molecule is Cc1cc(CC(=O)CCC(=O)N2CCCn3nc(C)cc32)on1. The van der Waals surface area contributed by atoms with Gasteiger partial charge in [0.2, 0.25) is 5.91 Å². The number of rotatable bonds is 5. The monoisotopic (exact) mass is 316 g/mol. The summed E-state index contributed by atoms with van der Waals surface area (Å²) >= 11 is 0. The zero-order valence-electron chi connectivity index (χ0n) is 13.4. The van der Waals surface area contributed by atoms with Crippen molar-refractivity contribution in [3.63, 3.8) is 0 Å². The quantitative estimate of drug-likeness (QED) is 0.840. The molecule has 7 heteroatoms. The molecule has 2 aromatic rings. The molecule has 0 saturated heterocycles. The summed E-state index contributed by atoms with van der Waals surface area (Å²) in [6.45, 7) is 5.23. The maximum Gasteiger partial charge on any atom is 0.228 e. The van der Waals surface area contributed by atoms with Crippen LogP contribution in [0.3, 0.4) is 0 Å². The summed E-state index contributed by atoms with van der Waals surface area (Å²) in [5.74, 6) is 1.33. The first kappa shape index (κ1) is 15.5. The Kier molecular flexibility index (Phi) is 4.27. The second-order valence-electron chi connectivity index (χ2n) is 5.92. The average molecular weight is 316 g/mol. The number of Topliss-reactive ketones (excluding diaryl/α,β-unsaturated/α-hetero) is 1. The summed E-state index contributed by atoms with van der Waals surface area (Å²) < 4.78 is 6.89. The van der Waals surface area contributed by atoms with E-state index in [1.54, 1.807) is 11.0 Å². The van der Waals surface area contributed by atoms with Gasteiger partial charge < -0.3 is 4.52 Å². The zero-order valence-corrected chi connectivity index (χ0v) is 13.4. The Labute approximate surface area is 134 Å². The van der Waals surface area contributed by atoms with Gasteiger partial charge in [-0.2, -0.15) is 5.10 Å². The first-order valence-corrected chi connectivity index (χ1v) is 7.81. The predicted molar refractivity (Wildman–Crippen MR) is 83.1 cm³/mol. The first-order valence-electron chi connectivity index (χ1n) is 7.81. The van der Waals surface area contributed by atoms with Crippen LogP contribution in [-0.4, -0.2) is 33.2 Å². The molecule has 0 fully saturated rings. The van der Waals surface area contributed by atoms with Gasteiger partial charge in [-0.05, 0) is 20.3 Å². The van der Waals surface area contributed by atoms with Crippen LogP contribution in [0, 0.1) is 13.8 Å². The van der Waals surface area contributed by atoms with E-state index in [0.29, 0.717) is 12.3 Å². The van der Waals surface area contributed by atoms with Crippen molar-refractivity contribution in [2.24, 2.45) is 0 Å². The van der Waals surface area contributed by atoms with E-state index in [1.807, 2.05) is 24.6 Å². The van der Waals surface area contributed by atoms with E-state index in [1.165, 1.54) is 0 Å². The lowest BCUT2D eigenvalue weighted by molar-refractivity contribution is -0.124. The zero-order chi connectivity index (χ0) is 16.4. The van der Waals surface area contributed by atoms with Gasteiger partial charge in [-0.3, -0.25) is 14.5 Å². The number of amides is 1. The topological polar surface area (TPSA) is 81.2 Å². The highest BCUT2D eigenvalue weighted by Gasteiger charge is 2.24. The van der Waals surface area contributed by atoms with Crippen LogP contribution in [-0.2, 0) is 22.6 Å². The van der Waals surface area contributed by atoms with Gasteiger partial charge in [0, 0.05) is 38.1 Å². The van der Waals surface area contributed by atoms with Crippen LogP contribution in [0.2, 0.25) is 0 Å². The molecule has 0 N–H and O–H groups in total. The highest BCUT2D eigenvalue weighted by atomic mass is 16.5. The van der Waals surface area contributed by atoms with Crippen LogP contribution in [0.4, 0.5) is 5.82 Å². The molecule has 1 aliphatic heterocycles. The highest BCUT2D eigenvalue weighted by Crippen LogP contribution is 2.22. The number of fused-ring (bicyclic) bond motifs is 1. The third-order valence-corrected chi connectivity index (χ3v) is 3.88. The van der Waals surface area contributed by atoms with E-state index in [2.05, 4.69) is 10.3 Å². The largest absolute Gasteiger partial charge is 0.361 e. The molecule has 122 valence electrons. The van der Waals surface area contributed by atoms with Gasteiger partial charge in [0.1, 0.15) is 17.4 Å². The number of nitrogens with zero attached hydrogens (tertiary/aromatic N) is 4. The van der Waals surface area contributed by atoms with E-state index >= 15 is 0 Å². The lowest BCUT2D eigenvalue weighted by Gasteiger charge is -2.27. The molecule has 0 unspecified atom stereocenters. The van der Waals surface area contributed by atoms with Crippen molar-refractivity contribution in [2.75, 3.05) is 11.4 Å². The molecule has 3 rings (SSSR count). The minimum atomic E-state index is -0.0343. The summed E-state index contributed by atoms with van der Waals surface area (Å²) in [5.41, 5.74) is 1.65. The second-order valence-corrected chi connectivity index (χ2v) is 5.92. The summed E-state index contributed by atoms with van der Waals surface area (Å²) in [7, 11) is 0. The molecule has 7 nitrogen and oxygen atoms in total. The van der Waals surface area contributed by atoms with Crippen molar-refractivity contribution in [2.45, 2.75) is 46.1 Å². The van der Waals surface area contributed by atoms with Crippen LogP contribution in [0.5, 0.6) is 0 Å². The maximum atomic E-state index is 12.4. The number of ketones is 1. The molecule has 1 aliphatic rings. The molecular formula is C16H20N4O3. The molecule has 0 aromatic carbocycles. The van der Waals surface area contributed by atoms with E-state index in [-0.39, 0.29) is 31.0 Å². The third kappa shape index (κ3) is 3.49. The normalized spacial score (nSPS) is 13.9. The molecule has 2 aromatic heterocycles. The van der Waals surface area contributed by atoms with Gasteiger partial charge in [0.25, 0.3) is 0 Å². The standard InChI is InChI=1S/C16H20N4O3/c1-11-9-15-19(6-3-7-20(15)17-11)16(22)5-4-13(21)10-14-8-12(2)18-23-14/h8-9H,3-7,10H2,1-2H3. The average Bonchev–Trinajstić information content (AvgIpc) is 3.08. The predicted octanol–water partition coefficient (Wildman–Crippen LogP) is 1.82. The fourth-order valence-corrected chi connectivity index (χ4v) is 2.82. The number of aromatic nitrogens is 3. The Hall–Kier alpha value is -2.44. The van der Waals surface area contributed by atoms with Gasteiger partial charge in [-0.1, -0.05) is 5.16 Å². The van der Waals surface area contributed by atoms with Crippen molar-refractivity contribution >= 4 is 17.5 Å². The maximum absolute atomic E-state index is 12.4. The molecule has 23 heavy (non-hydrogen) atoms. The van der Waals surface area contributed by atoms with Gasteiger partial charge >= 0.3 is 0 Å². The van der Waals surface area contributed by atoms with Crippen LogP contribution < -0.4 is 4.90 Å². The molecule has 0 atom stereocenters. The molecule has 0 radical (unpaired) electrons. The van der Waals surface area contributed by atoms with Crippen molar-refractivity contribution in [1.82, 2.24) is 14.9 Å². The molecule has 0 spiro atoms. The van der Waals surface area contributed by atoms with Crippen LogP contribution in [0.25, 0.3) is 0 Å². The second kappa shape index (κ2) is 6.36. The first-order chi connectivity index (χ1) is 11.0. The molecule has 0 aliphatic carbocycles. The van der Waals surface area contributed by atoms with E-state index in [4.69, 9.17) is 4.52 Å². The van der Waals surface area contributed by atoms with Gasteiger partial charge in [-0.25, -0.2) is 4.68 Å². The summed E-state index contributed by atoms with van der Waals surface area (Å²) in [5, 5.41) is 8.13. The Balaban J connectivity index is 1.56. The fourth-order valence-electron chi connectivity index (χ4n) is 2.82. The number of hydrogen-bond donors (Lipinski definition) is 0. The molecule has 0 bridgehead atoms. The summed E-state index contributed by atoms with van der Waals surface area (Å²) in [6, 6.07) is 3.65. The Morgan fingerprint density at radius 2 is 2.00 bits per heavy atom. The van der Waals surface area contributed by atoms with Crippen molar-refractivity contribution in [3.8, 4) is 0 Å². The number of anilines is 1. The fraction of sp³-hybridized carbons (Fsp3) is 0.500. The Morgan fingerprint density at radius 1 is 1.17 bits per heavy atom. The number of carbonyl (C=O) groups excluding carboxylic acids is 2. The molecular weight excluding hydrogens is 296 g/mol. The Morgan fingerprint density at radius 3 is 2.74 bits per heavy atom. The van der Waals surface area contributed by atoms with Crippen molar-refractivity contribution in [3.05, 3.63) is 29.3 Å². The lowest BCUT2D eigenvalue weighted by atomic mass is 10.1. The highest BCUT2D eigenvalue weighted by molar-refractivity contribution is 5.95. The lowest BCUT2D eigenvalue weighted by Crippen LogP contribution is -2.37. The number of carbonyl (C=O) groups is 2. The summed E-state index contributed by atoms with van der Waals surface area (Å²) in [4.78, 5) is 26.1. The molecule has 0 saturated carbocycles. The Bertz CT molecular complexity index is 732.